The van der Waals surface area contributed by atoms with E-state index in [9.17, 15) is 9.59 Å². The summed E-state index contributed by atoms with van der Waals surface area (Å²) < 4.78 is 3.23. The summed E-state index contributed by atoms with van der Waals surface area (Å²) in [5, 5.41) is 0.646. The lowest BCUT2D eigenvalue weighted by Crippen LogP contribution is -2.44. The normalized spacial score (nSPS) is 13.3. The van der Waals surface area contributed by atoms with E-state index in [2.05, 4.69) is 4.98 Å². The highest BCUT2D eigenvalue weighted by molar-refractivity contribution is 6.30. The van der Waals surface area contributed by atoms with E-state index in [0.717, 1.165) is 22.6 Å². The van der Waals surface area contributed by atoms with E-state index in [4.69, 9.17) is 16.6 Å². The Hall–Kier alpha value is -3.71. The quantitative estimate of drug-likeness (QED) is 0.480. The Bertz CT molecular complexity index is 1390. The van der Waals surface area contributed by atoms with Crippen LogP contribution in [0.25, 0.3) is 16.9 Å². The molecule has 0 aliphatic carbocycles. The van der Waals surface area contributed by atoms with Gasteiger partial charge in [0.2, 0.25) is 0 Å². The van der Waals surface area contributed by atoms with Crippen molar-refractivity contribution in [1.29, 1.82) is 0 Å². The second-order valence-electron chi connectivity index (χ2n) is 7.73. The molecule has 0 atom stereocenters. The first kappa shape index (κ1) is 20.2. The number of halogens is 1. The summed E-state index contributed by atoms with van der Waals surface area (Å²) in [6.45, 7) is 3.09. The minimum atomic E-state index is -0.200. The Morgan fingerprint density at radius 3 is 2.66 bits per heavy atom. The van der Waals surface area contributed by atoms with E-state index in [-0.39, 0.29) is 11.5 Å². The topological polar surface area (TPSA) is 73.0 Å². The molecule has 8 heteroatoms. The molecule has 4 heterocycles. The third-order valence-electron chi connectivity index (χ3n) is 5.52. The number of pyridine rings is 2. The van der Waals surface area contributed by atoms with Crippen LogP contribution in [-0.2, 0) is 13.1 Å². The molecule has 0 saturated heterocycles. The van der Waals surface area contributed by atoms with E-state index in [1.807, 2.05) is 49.4 Å². The van der Waals surface area contributed by atoms with Gasteiger partial charge in [0, 0.05) is 29.9 Å². The first-order chi connectivity index (χ1) is 15.5. The molecule has 32 heavy (non-hydrogen) atoms. The first-order valence-corrected chi connectivity index (χ1v) is 10.6. The lowest BCUT2D eigenvalue weighted by molar-refractivity contribution is 0.0684. The Kier molecular flexibility index (Phi) is 5.11. The number of hydrogen-bond acceptors (Lipinski definition) is 4. The predicted molar refractivity (Wildman–Crippen MR) is 122 cm³/mol. The van der Waals surface area contributed by atoms with Crippen LogP contribution in [0.5, 0.6) is 0 Å². The SMILES string of the molecule is Cc1cn(-c2ccc3n(c2=O)CCN(Cc2cccc(-c4cccc(Cl)c4)n2)C3=O)cn1. The molecule has 1 aliphatic heterocycles. The first-order valence-electron chi connectivity index (χ1n) is 10.3. The van der Waals surface area contributed by atoms with Gasteiger partial charge in [-0.2, -0.15) is 0 Å². The van der Waals surface area contributed by atoms with Crippen molar-refractivity contribution in [2.24, 2.45) is 0 Å². The minimum Gasteiger partial charge on any atom is -0.330 e. The highest BCUT2D eigenvalue weighted by Crippen LogP contribution is 2.22. The molecule has 0 fully saturated rings. The molecule has 160 valence electrons. The standard InChI is InChI=1S/C24H20ClN5O2/c1-16-13-29(15-26-16)21-8-9-22-23(31)28(10-11-30(22)24(21)32)14-19-6-3-7-20(27-19)17-4-2-5-18(25)12-17/h2-9,12-13,15H,10-11,14H2,1H3. The number of amides is 1. The number of aryl methyl sites for hydroxylation is 1. The molecule has 0 spiro atoms. The molecule has 1 aliphatic rings. The second-order valence-corrected chi connectivity index (χ2v) is 8.17. The summed E-state index contributed by atoms with van der Waals surface area (Å²) in [6.07, 6.45) is 3.40. The molecule has 1 amide bonds. The van der Waals surface area contributed by atoms with Crippen molar-refractivity contribution in [2.75, 3.05) is 6.54 Å². The van der Waals surface area contributed by atoms with E-state index in [1.165, 1.54) is 0 Å². The molecule has 7 nitrogen and oxygen atoms in total. The van der Waals surface area contributed by atoms with Crippen LogP contribution in [0, 0.1) is 6.92 Å². The van der Waals surface area contributed by atoms with Gasteiger partial charge in [-0.1, -0.05) is 29.8 Å². The van der Waals surface area contributed by atoms with Crippen LogP contribution in [0.3, 0.4) is 0 Å². The largest absolute Gasteiger partial charge is 0.330 e. The van der Waals surface area contributed by atoms with Crippen LogP contribution in [0.1, 0.15) is 21.9 Å². The molecule has 0 unspecified atom stereocenters. The molecule has 1 aromatic carbocycles. The maximum atomic E-state index is 13.1. The van der Waals surface area contributed by atoms with Crippen LogP contribution in [0.15, 0.2) is 71.9 Å². The van der Waals surface area contributed by atoms with E-state index in [0.29, 0.717) is 36.0 Å². The fraction of sp³-hybridized carbons (Fsp3) is 0.167. The zero-order valence-corrected chi connectivity index (χ0v) is 18.2. The van der Waals surface area contributed by atoms with Crippen LogP contribution in [0.4, 0.5) is 0 Å². The molecule has 0 radical (unpaired) electrons. The lowest BCUT2D eigenvalue weighted by atomic mass is 10.1. The van der Waals surface area contributed by atoms with Gasteiger partial charge in [0.25, 0.3) is 11.5 Å². The Labute approximate surface area is 189 Å². The molecule has 0 bridgehead atoms. The van der Waals surface area contributed by atoms with Crippen LogP contribution in [-0.4, -0.2) is 36.5 Å². The number of nitrogens with zero attached hydrogens (tertiary/aromatic N) is 5. The summed E-state index contributed by atoms with van der Waals surface area (Å²) in [5.74, 6) is -0.184. The molecule has 4 aromatic rings. The number of carbonyl (C=O) groups is 1. The highest BCUT2D eigenvalue weighted by Gasteiger charge is 2.26. The van der Waals surface area contributed by atoms with Crippen molar-refractivity contribution in [3.63, 3.8) is 0 Å². The number of carbonyl (C=O) groups excluding carboxylic acids is 1. The van der Waals surface area contributed by atoms with E-state index >= 15 is 0 Å². The number of benzene rings is 1. The summed E-state index contributed by atoms with van der Waals surface area (Å²) in [6, 6.07) is 16.6. The van der Waals surface area contributed by atoms with Crippen molar-refractivity contribution >= 4 is 17.5 Å². The lowest BCUT2D eigenvalue weighted by Gasteiger charge is -2.29. The fourth-order valence-electron chi connectivity index (χ4n) is 3.93. The second kappa shape index (κ2) is 8.09. The van der Waals surface area contributed by atoms with Gasteiger partial charge < -0.3 is 14.0 Å². The molecular weight excluding hydrogens is 426 g/mol. The third kappa shape index (κ3) is 3.71. The summed E-state index contributed by atoms with van der Waals surface area (Å²) in [7, 11) is 0. The molecule has 0 N–H and O–H groups in total. The van der Waals surface area contributed by atoms with Crippen molar-refractivity contribution in [3.05, 3.63) is 99.6 Å². The van der Waals surface area contributed by atoms with Gasteiger partial charge in [-0.25, -0.2) is 4.98 Å². The van der Waals surface area contributed by atoms with Crippen LogP contribution in [0.2, 0.25) is 5.02 Å². The third-order valence-corrected chi connectivity index (χ3v) is 5.76. The van der Waals surface area contributed by atoms with Gasteiger partial charge in [0.1, 0.15) is 11.4 Å². The fourth-order valence-corrected chi connectivity index (χ4v) is 4.12. The zero-order chi connectivity index (χ0) is 22.2. The average molecular weight is 446 g/mol. The summed E-state index contributed by atoms with van der Waals surface area (Å²) in [5.41, 5.74) is 3.97. The highest BCUT2D eigenvalue weighted by atomic mass is 35.5. The Balaban J connectivity index is 1.40. The van der Waals surface area contributed by atoms with Crippen molar-refractivity contribution < 1.29 is 4.79 Å². The number of hydrogen-bond donors (Lipinski definition) is 0. The number of fused-ring (bicyclic) bond motifs is 1. The molecular formula is C24H20ClN5O2. The Morgan fingerprint density at radius 2 is 1.88 bits per heavy atom. The summed E-state index contributed by atoms with van der Waals surface area (Å²) in [4.78, 5) is 36.7. The molecule has 5 rings (SSSR count). The van der Waals surface area contributed by atoms with Gasteiger partial charge in [-0.05, 0) is 43.3 Å². The van der Waals surface area contributed by atoms with Gasteiger partial charge in [-0.3, -0.25) is 14.6 Å². The van der Waals surface area contributed by atoms with E-state index < -0.39 is 0 Å². The smallest absolute Gasteiger partial charge is 0.275 e. The van der Waals surface area contributed by atoms with Gasteiger partial charge in [-0.15, -0.1) is 0 Å². The van der Waals surface area contributed by atoms with Crippen molar-refractivity contribution in [2.45, 2.75) is 20.0 Å². The predicted octanol–water partition coefficient (Wildman–Crippen LogP) is 3.71. The maximum absolute atomic E-state index is 13.1. The summed E-state index contributed by atoms with van der Waals surface area (Å²) >= 11 is 6.11. The van der Waals surface area contributed by atoms with Crippen molar-refractivity contribution in [1.82, 2.24) is 24.0 Å². The van der Waals surface area contributed by atoms with Gasteiger partial charge in [0.15, 0.2) is 0 Å². The monoisotopic (exact) mass is 445 g/mol. The Morgan fingerprint density at radius 1 is 1.03 bits per heavy atom. The average Bonchev–Trinajstić information content (AvgIpc) is 3.22. The van der Waals surface area contributed by atoms with Gasteiger partial charge >= 0.3 is 0 Å². The number of imidazole rings is 1. The molecule has 3 aromatic heterocycles. The number of rotatable bonds is 4. The van der Waals surface area contributed by atoms with Crippen molar-refractivity contribution in [3.8, 4) is 16.9 Å². The van der Waals surface area contributed by atoms with E-state index in [1.54, 1.807) is 38.7 Å². The zero-order valence-electron chi connectivity index (χ0n) is 17.4. The van der Waals surface area contributed by atoms with Crippen LogP contribution >= 0.6 is 11.6 Å². The maximum Gasteiger partial charge on any atom is 0.275 e. The minimum absolute atomic E-state index is 0.184. The molecule has 0 saturated carbocycles. The van der Waals surface area contributed by atoms with Crippen LogP contribution < -0.4 is 5.56 Å². The number of aromatic nitrogens is 4. The van der Waals surface area contributed by atoms with Gasteiger partial charge in [0.05, 0.1) is 30.0 Å².